The summed E-state index contributed by atoms with van der Waals surface area (Å²) in [7, 11) is 0. The summed E-state index contributed by atoms with van der Waals surface area (Å²) in [6.45, 7) is 0. The highest BCUT2D eigenvalue weighted by atomic mass is 16.1. The number of nitriles is 1. The summed E-state index contributed by atoms with van der Waals surface area (Å²) < 4.78 is 0. The Bertz CT molecular complexity index is 826. The van der Waals surface area contributed by atoms with E-state index in [-0.39, 0.29) is 11.8 Å². The maximum Gasteiger partial charge on any atom is 0.236 e. The number of rotatable bonds is 5. The average Bonchev–Trinajstić information content (AvgIpc) is 2.66. The first-order chi connectivity index (χ1) is 12.3. The van der Waals surface area contributed by atoms with Gasteiger partial charge in [0.05, 0.1) is 18.4 Å². The molecule has 0 fully saturated rings. The van der Waals surface area contributed by atoms with Gasteiger partial charge in [0.15, 0.2) is 0 Å². The van der Waals surface area contributed by atoms with Crippen molar-refractivity contribution in [3.63, 3.8) is 0 Å². The molecule has 0 aliphatic heterocycles. The third-order valence-corrected chi connectivity index (χ3v) is 4.03. The fourth-order valence-corrected chi connectivity index (χ4v) is 2.80. The van der Waals surface area contributed by atoms with Crippen molar-refractivity contribution in [2.24, 2.45) is 0 Å². The van der Waals surface area contributed by atoms with Crippen LogP contribution in [0, 0.1) is 11.3 Å². The maximum absolute atomic E-state index is 13.0. The standard InChI is InChI=1S/C22H18N2O/c23-16-15-17-11-13-20(14-12-17)24-22(25)21(18-7-3-1-4-8-18)19-9-5-2-6-10-19/h1-14,21H,15H2,(H,24,25). The molecule has 0 bridgehead atoms. The SMILES string of the molecule is N#CCc1ccc(NC(=O)C(c2ccccc2)c2ccccc2)cc1. The first-order valence-electron chi connectivity index (χ1n) is 8.14. The largest absolute Gasteiger partial charge is 0.325 e. The molecule has 3 aromatic rings. The Morgan fingerprint density at radius 2 is 1.36 bits per heavy atom. The van der Waals surface area contributed by atoms with Crippen LogP contribution in [-0.4, -0.2) is 5.91 Å². The van der Waals surface area contributed by atoms with Crippen LogP contribution in [0.4, 0.5) is 5.69 Å². The van der Waals surface area contributed by atoms with Crippen LogP contribution in [0.5, 0.6) is 0 Å². The highest BCUT2D eigenvalue weighted by Crippen LogP contribution is 2.26. The van der Waals surface area contributed by atoms with Gasteiger partial charge in [-0.2, -0.15) is 5.26 Å². The van der Waals surface area contributed by atoms with Crippen LogP contribution in [0.25, 0.3) is 0 Å². The van der Waals surface area contributed by atoms with E-state index in [0.29, 0.717) is 6.42 Å². The van der Waals surface area contributed by atoms with Crippen molar-refractivity contribution in [1.82, 2.24) is 0 Å². The predicted molar refractivity (Wildman–Crippen MR) is 99.1 cm³/mol. The predicted octanol–water partition coefficient (Wildman–Crippen LogP) is 4.52. The highest BCUT2D eigenvalue weighted by Gasteiger charge is 2.22. The molecule has 0 spiro atoms. The molecule has 3 heteroatoms. The van der Waals surface area contributed by atoms with Crippen LogP contribution in [0.15, 0.2) is 84.9 Å². The summed E-state index contributed by atoms with van der Waals surface area (Å²) in [6, 6.07) is 29.0. The number of carbonyl (C=O) groups is 1. The number of hydrogen-bond donors (Lipinski definition) is 1. The van der Waals surface area contributed by atoms with Gasteiger partial charge in [-0.15, -0.1) is 0 Å². The van der Waals surface area contributed by atoms with Crippen molar-refractivity contribution in [2.45, 2.75) is 12.3 Å². The van der Waals surface area contributed by atoms with E-state index in [0.717, 1.165) is 22.4 Å². The Hall–Kier alpha value is -3.38. The minimum atomic E-state index is -0.374. The molecule has 0 aliphatic carbocycles. The lowest BCUT2D eigenvalue weighted by Gasteiger charge is -2.18. The van der Waals surface area contributed by atoms with Crippen LogP contribution in [0.1, 0.15) is 22.6 Å². The molecule has 122 valence electrons. The third kappa shape index (κ3) is 4.13. The zero-order valence-electron chi connectivity index (χ0n) is 13.7. The fraction of sp³-hybridized carbons (Fsp3) is 0.0909. The zero-order valence-corrected chi connectivity index (χ0v) is 13.7. The average molecular weight is 326 g/mol. The Kier molecular flexibility index (Phi) is 5.23. The number of nitrogens with one attached hydrogen (secondary N) is 1. The van der Waals surface area contributed by atoms with Gasteiger partial charge in [-0.25, -0.2) is 0 Å². The van der Waals surface area contributed by atoms with E-state index in [1.165, 1.54) is 0 Å². The lowest BCUT2D eigenvalue weighted by Crippen LogP contribution is -2.22. The molecule has 0 saturated carbocycles. The van der Waals surface area contributed by atoms with E-state index < -0.39 is 0 Å². The van der Waals surface area contributed by atoms with Crippen LogP contribution in [0.2, 0.25) is 0 Å². The number of anilines is 1. The Labute approximate surface area is 147 Å². The van der Waals surface area contributed by atoms with E-state index in [4.69, 9.17) is 5.26 Å². The Morgan fingerprint density at radius 3 is 1.84 bits per heavy atom. The molecule has 1 amide bonds. The molecule has 0 unspecified atom stereocenters. The van der Waals surface area contributed by atoms with Gasteiger partial charge in [-0.1, -0.05) is 72.8 Å². The van der Waals surface area contributed by atoms with E-state index in [2.05, 4.69) is 11.4 Å². The van der Waals surface area contributed by atoms with E-state index in [1.807, 2.05) is 84.9 Å². The monoisotopic (exact) mass is 326 g/mol. The number of carbonyl (C=O) groups excluding carboxylic acids is 1. The van der Waals surface area contributed by atoms with Crippen molar-refractivity contribution in [2.75, 3.05) is 5.32 Å². The van der Waals surface area contributed by atoms with Crippen molar-refractivity contribution < 1.29 is 4.79 Å². The van der Waals surface area contributed by atoms with E-state index >= 15 is 0 Å². The van der Waals surface area contributed by atoms with Crippen LogP contribution < -0.4 is 5.32 Å². The summed E-state index contributed by atoms with van der Waals surface area (Å²) in [5.41, 5.74) is 3.56. The first kappa shape index (κ1) is 16.5. The second-order valence-electron chi connectivity index (χ2n) is 5.78. The molecule has 0 aliphatic rings. The van der Waals surface area contributed by atoms with Gasteiger partial charge in [-0.3, -0.25) is 4.79 Å². The number of amides is 1. The smallest absolute Gasteiger partial charge is 0.236 e. The highest BCUT2D eigenvalue weighted by molar-refractivity contribution is 5.98. The molecular formula is C22H18N2O. The van der Waals surface area contributed by atoms with Crippen LogP contribution in [0.3, 0.4) is 0 Å². The van der Waals surface area contributed by atoms with Crippen molar-refractivity contribution in [3.8, 4) is 6.07 Å². The first-order valence-corrected chi connectivity index (χ1v) is 8.14. The molecule has 1 N–H and O–H groups in total. The van der Waals surface area contributed by atoms with Crippen LogP contribution >= 0.6 is 0 Å². The molecule has 0 atom stereocenters. The van der Waals surface area contributed by atoms with Gasteiger partial charge in [0.2, 0.25) is 5.91 Å². The molecule has 0 radical (unpaired) electrons. The maximum atomic E-state index is 13.0. The van der Waals surface area contributed by atoms with Gasteiger partial charge < -0.3 is 5.32 Å². The van der Waals surface area contributed by atoms with Gasteiger partial charge in [0.25, 0.3) is 0 Å². The summed E-state index contributed by atoms with van der Waals surface area (Å²) in [5, 5.41) is 11.7. The van der Waals surface area contributed by atoms with Crippen molar-refractivity contribution in [1.29, 1.82) is 5.26 Å². The second kappa shape index (κ2) is 7.94. The Morgan fingerprint density at radius 1 is 0.840 bits per heavy atom. The summed E-state index contributed by atoms with van der Waals surface area (Å²) in [5.74, 6) is -0.452. The number of nitrogens with zero attached hydrogens (tertiary/aromatic N) is 1. The molecule has 3 nitrogen and oxygen atoms in total. The molecule has 3 aromatic carbocycles. The second-order valence-corrected chi connectivity index (χ2v) is 5.78. The van der Waals surface area contributed by atoms with Gasteiger partial charge in [0.1, 0.15) is 0 Å². The Balaban J connectivity index is 1.86. The van der Waals surface area contributed by atoms with Gasteiger partial charge >= 0.3 is 0 Å². The van der Waals surface area contributed by atoms with Crippen molar-refractivity contribution in [3.05, 3.63) is 102 Å². The normalized spacial score (nSPS) is 10.2. The lowest BCUT2D eigenvalue weighted by molar-refractivity contribution is -0.116. The van der Waals surface area contributed by atoms with Crippen LogP contribution in [-0.2, 0) is 11.2 Å². The third-order valence-electron chi connectivity index (χ3n) is 4.03. The zero-order chi connectivity index (χ0) is 17.5. The molecule has 0 aromatic heterocycles. The van der Waals surface area contributed by atoms with E-state index in [1.54, 1.807) is 0 Å². The number of benzene rings is 3. The van der Waals surface area contributed by atoms with E-state index in [9.17, 15) is 4.79 Å². The molecule has 0 saturated heterocycles. The summed E-state index contributed by atoms with van der Waals surface area (Å²) in [6.07, 6.45) is 0.366. The minimum Gasteiger partial charge on any atom is -0.325 e. The minimum absolute atomic E-state index is 0.0783. The molecule has 25 heavy (non-hydrogen) atoms. The summed E-state index contributed by atoms with van der Waals surface area (Å²) in [4.78, 5) is 13.0. The quantitative estimate of drug-likeness (QED) is 0.749. The van der Waals surface area contributed by atoms with Gasteiger partial charge in [-0.05, 0) is 28.8 Å². The fourth-order valence-electron chi connectivity index (χ4n) is 2.80. The molecule has 0 heterocycles. The lowest BCUT2D eigenvalue weighted by atomic mass is 9.90. The molecular weight excluding hydrogens is 308 g/mol. The van der Waals surface area contributed by atoms with Crippen molar-refractivity contribution >= 4 is 11.6 Å². The summed E-state index contributed by atoms with van der Waals surface area (Å²) >= 11 is 0. The molecule has 3 rings (SSSR count). The number of hydrogen-bond acceptors (Lipinski definition) is 2. The topological polar surface area (TPSA) is 52.9 Å². The van der Waals surface area contributed by atoms with Gasteiger partial charge in [0, 0.05) is 5.69 Å².